The van der Waals surface area contributed by atoms with Gasteiger partial charge in [0.2, 0.25) is 5.91 Å². The summed E-state index contributed by atoms with van der Waals surface area (Å²) in [4.78, 5) is 28.6. The van der Waals surface area contributed by atoms with Gasteiger partial charge in [-0.15, -0.1) is 0 Å². The van der Waals surface area contributed by atoms with Crippen molar-refractivity contribution >= 4 is 17.5 Å². The summed E-state index contributed by atoms with van der Waals surface area (Å²) in [5.74, 6) is 1.29. The fourth-order valence-corrected chi connectivity index (χ4v) is 3.28. The number of likely N-dealkylation sites (tertiary alicyclic amines) is 1. The molecule has 6 nitrogen and oxygen atoms in total. The molecule has 3 rings (SSSR count). The highest BCUT2D eigenvalue weighted by Crippen LogP contribution is 2.33. The van der Waals surface area contributed by atoms with Gasteiger partial charge < -0.3 is 19.9 Å². The molecule has 2 aliphatic rings. The summed E-state index contributed by atoms with van der Waals surface area (Å²) in [5.41, 5.74) is 0.872. The summed E-state index contributed by atoms with van der Waals surface area (Å²) < 4.78 is 5.78. The van der Waals surface area contributed by atoms with E-state index in [1.54, 1.807) is 7.05 Å². The molecule has 2 heterocycles. The Hall–Kier alpha value is -2.24. The molecule has 130 valence electrons. The predicted octanol–water partition coefficient (Wildman–Crippen LogP) is 1.26. The first kappa shape index (κ1) is 16.6. The lowest BCUT2D eigenvalue weighted by Crippen LogP contribution is -2.51. The monoisotopic (exact) mass is 331 g/mol. The van der Waals surface area contributed by atoms with Crippen LogP contribution >= 0.6 is 0 Å². The maximum atomic E-state index is 12.7. The van der Waals surface area contributed by atoms with Crippen molar-refractivity contribution in [3.05, 3.63) is 24.3 Å². The van der Waals surface area contributed by atoms with Gasteiger partial charge in [0, 0.05) is 20.1 Å². The third-order valence-corrected chi connectivity index (χ3v) is 4.86. The van der Waals surface area contributed by atoms with Gasteiger partial charge in [0.05, 0.1) is 18.8 Å². The lowest BCUT2D eigenvalue weighted by molar-refractivity contribution is -0.132. The van der Waals surface area contributed by atoms with Crippen LogP contribution in [0.15, 0.2) is 24.3 Å². The molecular formula is C18H25N3O3. The molecule has 1 N–H and O–H groups in total. The first-order valence-electron chi connectivity index (χ1n) is 8.58. The lowest BCUT2D eigenvalue weighted by atomic mass is 9.99. The van der Waals surface area contributed by atoms with Gasteiger partial charge in [-0.1, -0.05) is 19.1 Å². The highest BCUT2D eigenvalue weighted by atomic mass is 16.5. The molecule has 1 atom stereocenters. The number of hydrogen-bond donors (Lipinski definition) is 1. The molecule has 1 aromatic rings. The largest absolute Gasteiger partial charge is 0.477 e. The van der Waals surface area contributed by atoms with E-state index in [1.807, 2.05) is 34.1 Å². The van der Waals surface area contributed by atoms with Gasteiger partial charge in [-0.3, -0.25) is 9.59 Å². The first-order chi connectivity index (χ1) is 11.6. The molecule has 0 bridgehead atoms. The van der Waals surface area contributed by atoms with Gasteiger partial charge in [-0.2, -0.15) is 0 Å². The van der Waals surface area contributed by atoms with Crippen molar-refractivity contribution in [1.82, 2.24) is 10.2 Å². The van der Waals surface area contributed by atoms with Crippen LogP contribution in [0.1, 0.15) is 19.8 Å². The van der Waals surface area contributed by atoms with Crippen LogP contribution in [0.25, 0.3) is 0 Å². The molecular weight excluding hydrogens is 306 g/mol. The number of carbonyl (C=O) groups excluding carboxylic acids is 2. The Morgan fingerprint density at radius 3 is 2.67 bits per heavy atom. The van der Waals surface area contributed by atoms with E-state index in [1.165, 1.54) is 0 Å². The van der Waals surface area contributed by atoms with E-state index in [9.17, 15) is 9.59 Å². The summed E-state index contributed by atoms with van der Waals surface area (Å²) >= 11 is 0. The SMILES string of the molecule is CNC(=O)[C@H]1CN(CC(=O)N2CCC(C)CC2)c2ccccc2O1. The molecule has 0 saturated carbocycles. The zero-order chi connectivity index (χ0) is 17.1. The maximum absolute atomic E-state index is 12.7. The average Bonchev–Trinajstić information content (AvgIpc) is 2.61. The lowest BCUT2D eigenvalue weighted by Gasteiger charge is -2.37. The number of likely N-dealkylation sites (N-methyl/N-ethyl adjacent to an activating group) is 1. The van der Waals surface area contributed by atoms with Crippen molar-refractivity contribution < 1.29 is 14.3 Å². The normalized spacial score (nSPS) is 21.0. The second-order valence-corrected chi connectivity index (χ2v) is 6.63. The number of rotatable bonds is 3. The number of fused-ring (bicyclic) bond motifs is 1. The highest BCUT2D eigenvalue weighted by Gasteiger charge is 2.32. The zero-order valence-electron chi connectivity index (χ0n) is 14.3. The number of carbonyl (C=O) groups is 2. The number of anilines is 1. The summed E-state index contributed by atoms with van der Waals surface area (Å²) in [7, 11) is 1.59. The van der Waals surface area contributed by atoms with Crippen molar-refractivity contribution in [2.24, 2.45) is 5.92 Å². The minimum absolute atomic E-state index is 0.120. The van der Waals surface area contributed by atoms with Crippen LogP contribution in [-0.2, 0) is 9.59 Å². The number of hydrogen-bond acceptors (Lipinski definition) is 4. The summed E-state index contributed by atoms with van der Waals surface area (Å²) in [5, 5.41) is 2.62. The number of para-hydroxylation sites is 2. The number of amides is 2. The summed E-state index contributed by atoms with van der Waals surface area (Å²) in [6.07, 6.45) is 1.53. The van der Waals surface area contributed by atoms with Crippen LogP contribution in [-0.4, -0.2) is 56.0 Å². The van der Waals surface area contributed by atoms with Crippen molar-refractivity contribution in [1.29, 1.82) is 0 Å². The van der Waals surface area contributed by atoms with E-state index in [-0.39, 0.29) is 18.4 Å². The number of piperidine rings is 1. The summed E-state index contributed by atoms with van der Waals surface area (Å²) in [6.45, 7) is 4.54. The second-order valence-electron chi connectivity index (χ2n) is 6.63. The van der Waals surface area contributed by atoms with Crippen molar-refractivity contribution in [2.45, 2.75) is 25.9 Å². The maximum Gasteiger partial charge on any atom is 0.262 e. The van der Waals surface area contributed by atoms with Crippen molar-refractivity contribution in [2.75, 3.05) is 38.1 Å². The topological polar surface area (TPSA) is 61.9 Å². The fourth-order valence-electron chi connectivity index (χ4n) is 3.28. The Balaban J connectivity index is 1.73. The number of benzene rings is 1. The van der Waals surface area contributed by atoms with E-state index < -0.39 is 6.10 Å². The van der Waals surface area contributed by atoms with E-state index in [0.29, 0.717) is 18.2 Å². The van der Waals surface area contributed by atoms with Gasteiger partial charge in [-0.05, 0) is 30.9 Å². The van der Waals surface area contributed by atoms with Crippen LogP contribution in [0.4, 0.5) is 5.69 Å². The van der Waals surface area contributed by atoms with E-state index >= 15 is 0 Å². The number of nitrogens with zero attached hydrogens (tertiary/aromatic N) is 2. The minimum Gasteiger partial charge on any atom is -0.477 e. The van der Waals surface area contributed by atoms with Gasteiger partial charge in [0.25, 0.3) is 5.91 Å². The number of ether oxygens (including phenoxy) is 1. The van der Waals surface area contributed by atoms with Gasteiger partial charge in [0.15, 0.2) is 6.10 Å². The molecule has 6 heteroatoms. The van der Waals surface area contributed by atoms with Crippen LogP contribution in [0.2, 0.25) is 0 Å². The zero-order valence-corrected chi connectivity index (χ0v) is 14.3. The first-order valence-corrected chi connectivity index (χ1v) is 8.58. The van der Waals surface area contributed by atoms with Crippen LogP contribution < -0.4 is 15.0 Å². The van der Waals surface area contributed by atoms with Crippen LogP contribution in [0, 0.1) is 5.92 Å². The molecule has 24 heavy (non-hydrogen) atoms. The molecule has 0 unspecified atom stereocenters. The molecule has 1 saturated heterocycles. The molecule has 1 aromatic carbocycles. The molecule has 0 aromatic heterocycles. The predicted molar refractivity (Wildman–Crippen MR) is 92.1 cm³/mol. The standard InChI is InChI=1S/C18H25N3O3/c1-13-7-9-20(10-8-13)17(22)12-21-11-16(18(23)19-2)24-15-6-4-3-5-14(15)21/h3-6,13,16H,7-12H2,1-2H3,(H,19,23)/t16-/m1/s1. The Labute approximate surface area is 142 Å². The van der Waals surface area contributed by atoms with Gasteiger partial charge in [0.1, 0.15) is 5.75 Å². The molecule has 0 spiro atoms. The Morgan fingerprint density at radius 2 is 1.96 bits per heavy atom. The highest BCUT2D eigenvalue weighted by molar-refractivity contribution is 5.86. The third kappa shape index (κ3) is 3.47. The summed E-state index contributed by atoms with van der Waals surface area (Å²) in [6, 6.07) is 7.56. The number of nitrogens with one attached hydrogen (secondary N) is 1. The van der Waals surface area contributed by atoms with Crippen LogP contribution in [0.5, 0.6) is 5.75 Å². The second kappa shape index (κ2) is 7.11. The molecule has 2 aliphatic heterocycles. The fraction of sp³-hybridized carbons (Fsp3) is 0.556. The Kier molecular flexibility index (Phi) is 4.92. The third-order valence-electron chi connectivity index (χ3n) is 4.86. The Bertz CT molecular complexity index is 611. The minimum atomic E-state index is -0.598. The van der Waals surface area contributed by atoms with Crippen LogP contribution in [0.3, 0.4) is 0 Å². The molecule has 0 aliphatic carbocycles. The van der Waals surface area contributed by atoms with Crippen molar-refractivity contribution in [3.8, 4) is 5.75 Å². The quantitative estimate of drug-likeness (QED) is 0.906. The van der Waals surface area contributed by atoms with Gasteiger partial charge >= 0.3 is 0 Å². The molecule has 2 amide bonds. The van der Waals surface area contributed by atoms with E-state index in [2.05, 4.69) is 12.2 Å². The van der Waals surface area contributed by atoms with Gasteiger partial charge in [-0.25, -0.2) is 0 Å². The molecule has 1 fully saturated rings. The Morgan fingerprint density at radius 1 is 1.25 bits per heavy atom. The van der Waals surface area contributed by atoms with E-state index in [4.69, 9.17) is 4.74 Å². The molecule has 0 radical (unpaired) electrons. The average molecular weight is 331 g/mol. The van der Waals surface area contributed by atoms with E-state index in [0.717, 1.165) is 31.6 Å². The van der Waals surface area contributed by atoms with Crippen molar-refractivity contribution in [3.63, 3.8) is 0 Å². The smallest absolute Gasteiger partial charge is 0.262 e.